The lowest BCUT2D eigenvalue weighted by molar-refractivity contribution is 0.367. The fraction of sp³-hybridized carbons (Fsp3) is 0.857. The lowest BCUT2D eigenvalue weighted by atomic mass is 9.91. The van der Waals surface area contributed by atoms with Crippen molar-refractivity contribution in [3.8, 4) is 0 Å². The molecule has 0 radical (unpaired) electrons. The number of hydrogen-bond donors (Lipinski definition) is 0. The van der Waals surface area contributed by atoms with Gasteiger partial charge in [0.1, 0.15) is 0 Å². The number of rotatable bonds is 3. The summed E-state index contributed by atoms with van der Waals surface area (Å²) in [5.41, 5.74) is 0.363. The van der Waals surface area contributed by atoms with Gasteiger partial charge in [0.2, 0.25) is 0 Å². The van der Waals surface area contributed by atoms with Crippen LogP contribution in [0.25, 0.3) is 0 Å². The Kier molecular flexibility index (Phi) is 2.74. The van der Waals surface area contributed by atoms with Crippen LogP contribution in [0.5, 0.6) is 0 Å². The van der Waals surface area contributed by atoms with Gasteiger partial charge in [-0.2, -0.15) is 0 Å². The normalized spacial score (nSPS) is 11.4. The fourth-order valence-electron chi connectivity index (χ4n) is 0.414. The third-order valence-electron chi connectivity index (χ3n) is 1.50. The summed E-state index contributed by atoms with van der Waals surface area (Å²) in [7, 11) is 0. The van der Waals surface area contributed by atoms with Crippen LogP contribution >= 0.6 is 0 Å². The first kappa shape index (κ1) is 7.67. The van der Waals surface area contributed by atoms with E-state index in [-0.39, 0.29) is 0 Å². The van der Waals surface area contributed by atoms with Crippen LogP contribution in [0.1, 0.15) is 27.2 Å². The van der Waals surface area contributed by atoms with Crippen LogP contribution in [-0.4, -0.2) is 13.3 Å². The van der Waals surface area contributed by atoms with Gasteiger partial charge in [0.15, 0.2) is 0 Å². The molecule has 0 aliphatic carbocycles. The lowest BCUT2D eigenvalue weighted by Gasteiger charge is -2.18. The van der Waals surface area contributed by atoms with Crippen molar-refractivity contribution in [1.29, 1.82) is 0 Å². The molecule has 0 aromatic rings. The molecule has 1 nitrogen and oxygen atoms in total. The highest BCUT2D eigenvalue weighted by Gasteiger charge is 2.12. The first-order valence-corrected chi connectivity index (χ1v) is 3.05. The summed E-state index contributed by atoms with van der Waals surface area (Å²) in [4.78, 5) is 3.83. The second-order valence-corrected chi connectivity index (χ2v) is 2.90. The van der Waals surface area contributed by atoms with Crippen molar-refractivity contribution in [2.45, 2.75) is 27.2 Å². The molecule has 0 bridgehead atoms. The second kappa shape index (κ2) is 2.85. The molecule has 0 atom stereocenters. The van der Waals surface area contributed by atoms with Crippen LogP contribution in [0.4, 0.5) is 0 Å². The van der Waals surface area contributed by atoms with Gasteiger partial charge in [0.05, 0.1) is 0 Å². The predicted molar refractivity (Wildman–Crippen MR) is 38.5 cm³/mol. The fourth-order valence-corrected chi connectivity index (χ4v) is 0.414. The van der Waals surface area contributed by atoms with Gasteiger partial charge in [-0.15, -0.1) is 0 Å². The van der Waals surface area contributed by atoms with E-state index in [1.807, 2.05) is 0 Å². The van der Waals surface area contributed by atoms with E-state index in [4.69, 9.17) is 0 Å². The molecule has 0 aliphatic heterocycles. The van der Waals surface area contributed by atoms with Gasteiger partial charge in [0.25, 0.3) is 0 Å². The Hall–Kier alpha value is -0.330. The Morgan fingerprint density at radius 2 is 2.00 bits per heavy atom. The molecular formula is C7H15N. The Bertz CT molecular complexity index is 74.5. The van der Waals surface area contributed by atoms with Crippen molar-refractivity contribution < 1.29 is 0 Å². The van der Waals surface area contributed by atoms with Gasteiger partial charge in [-0.25, -0.2) is 0 Å². The van der Waals surface area contributed by atoms with E-state index in [9.17, 15) is 0 Å². The SMILES string of the molecule is C=NCC(C)(C)CC. The molecule has 0 saturated heterocycles. The van der Waals surface area contributed by atoms with Crippen LogP contribution in [-0.2, 0) is 0 Å². The predicted octanol–water partition coefficient (Wildman–Crippen LogP) is 2.12. The van der Waals surface area contributed by atoms with Crippen molar-refractivity contribution in [1.82, 2.24) is 0 Å². The Morgan fingerprint density at radius 3 is 2.12 bits per heavy atom. The molecule has 0 amide bonds. The monoisotopic (exact) mass is 113 g/mol. The minimum absolute atomic E-state index is 0.363. The van der Waals surface area contributed by atoms with Gasteiger partial charge in [0, 0.05) is 6.54 Å². The molecule has 1 heteroatoms. The minimum Gasteiger partial charge on any atom is -0.300 e. The summed E-state index contributed by atoms with van der Waals surface area (Å²) in [5, 5.41) is 0. The number of aliphatic imine (C=N–C) groups is 1. The van der Waals surface area contributed by atoms with E-state index < -0.39 is 0 Å². The molecule has 0 rings (SSSR count). The van der Waals surface area contributed by atoms with Gasteiger partial charge in [-0.1, -0.05) is 20.8 Å². The standard InChI is InChI=1S/C7H15N/c1-5-7(2,3)6-8-4/h4-6H2,1-3H3. The van der Waals surface area contributed by atoms with E-state index in [0.717, 1.165) is 6.54 Å². The quantitative estimate of drug-likeness (QED) is 0.497. The van der Waals surface area contributed by atoms with E-state index >= 15 is 0 Å². The molecule has 0 N–H and O–H groups in total. The van der Waals surface area contributed by atoms with Crippen molar-refractivity contribution in [2.24, 2.45) is 10.4 Å². The maximum absolute atomic E-state index is 3.83. The molecule has 0 saturated carbocycles. The molecule has 48 valence electrons. The topological polar surface area (TPSA) is 12.4 Å². The van der Waals surface area contributed by atoms with Crippen molar-refractivity contribution >= 4 is 6.72 Å². The third kappa shape index (κ3) is 2.78. The summed E-state index contributed by atoms with van der Waals surface area (Å²) < 4.78 is 0. The molecule has 0 spiro atoms. The summed E-state index contributed by atoms with van der Waals surface area (Å²) in [5.74, 6) is 0. The van der Waals surface area contributed by atoms with Crippen LogP contribution in [0, 0.1) is 5.41 Å². The van der Waals surface area contributed by atoms with Gasteiger partial charge in [-0.05, 0) is 18.6 Å². The maximum Gasteiger partial charge on any atom is 0.0433 e. The van der Waals surface area contributed by atoms with E-state index in [0.29, 0.717) is 5.41 Å². The summed E-state index contributed by atoms with van der Waals surface area (Å²) in [6.45, 7) is 10.9. The summed E-state index contributed by atoms with van der Waals surface area (Å²) in [6.07, 6.45) is 1.17. The van der Waals surface area contributed by atoms with Crippen molar-refractivity contribution in [3.63, 3.8) is 0 Å². The largest absolute Gasteiger partial charge is 0.300 e. The van der Waals surface area contributed by atoms with E-state index in [2.05, 4.69) is 32.5 Å². The average Bonchev–Trinajstić information content (AvgIpc) is 1.67. The molecule has 0 aromatic heterocycles. The van der Waals surface area contributed by atoms with Gasteiger partial charge in [-0.3, -0.25) is 0 Å². The highest BCUT2D eigenvalue weighted by molar-refractivity contribution is 5.23. The van der Waals surface area contributed by atoms with Gasteiger partial charge >= 0.3 is 0 Å². The molecule has 0 aromatic carbocycles. The summed E-state index contributed by atoms with van der Waals surface area (Å²) in [6, 6.07) is 0. The Balaban J connectivity index is 3.53. The zero-order valence-electron chi connectivity index (χ0n) is 6.07. The molecular weight excluding hydrogens is 98.1 g/mol. The van der Waals surface area contributed by atoms with Crippen molar-refractivity contribution in [2.75, 3.05) is 6.54 Å². The van der Waals surface area contributed by atoms with Crippen LogP contribution < -0.4 is 0 Å². The van der Waals surface area contributed by atoms with Crippen LogP contribution in [0.15, 0.2) is 4.99 Å². The first-order valence-electron chi connectivity index (χ1n) is 3.05. The summed E-state index contributed by atoms with van der Waals surface area (Å²) >= 11 is 0. The van der Waals surface area contributed by atoms with Crippen molar-refractivity contribution in [3.05, 3.63) is 0 Å². The lowest BCUT2D eigenvalue weighted by Crippen LogP contribution is -2.12. The Labute approximate surface area is 51.8 Å². The number of nitrogens with zero attached hydrogens (tertiary/aromatic N) is 1. The smallest absolute Gasteiger partial charge is 0.0433 e. The zero-order valence-corrected chi connectivity index (χ0v) is 6.07. The molecule has 0 aliphatic rings. The molecule has 0 heterocycles. The first-order chi connectivity index (χ1) is 3.62. The molecule has 0 unspecified atom stereocenters. The Morgan fingerprint density at radius 1 is 1.50 bits per heavy atom. The van der Waals surface area contributed by atoms with E-state index in [1.54, 1.807) is 0 Å². The second-order valence-electron chi connectivity index (χ2n) is 2.90. The van der Waals surface area contributed by atoms with Crippen LogP contribution in [0.2, 0.25) is 0 Å². The highest BCUT2D eigenvalue weighted by atomic mass is 14.7. The molecule has 0 fully saturated rings. The van der Waals surface area contributed by atoms with Gasteiger partial charge < -0.3 is 4.99 Å². The minimum atomic E-state index is 0.363. The van der Waals surface area contributed by atoms with Crippen LogP contribution in [0.3, 0.4) is 0 Å². The number of hydrogen-bond acceptors (Lipinski definition) is 1. The van der Waals surface area contributed by atoms with E-state index in [1.165, 1.54) is 6.42 Å². The highest BCUT2D eigenvalue weighted by Crippen LogP contribution is 2.18. The molecule has 8 heavy (non-hydrogen) atoms. The third-order valence-corrected chi connectivity index (χ3v) is 1.50. The maximum atomic E-state index is 3.83. The average molecular weight is 113 g/mol. The zero-order chi connectivity index (χ0) is 6.62.